The number of rotatable bonds is 3. The molecular weight excluding hydrogens is 375 g/mol. The Morgan fingerprint density at radius 3 is 2.50 bits per heavy atom. The Balaban J connectivity index is 1.85. The molecule has 0 amide bonds. The largest absolute Gasteiger partial charge is 0.348 e. The van der Waals surface area contributed by atoms with E-state index in [1.165, 1.54) is 16.4 Å². The minimum absolute atomic E-state index is 0.00941. The van der Waals surface area contributed by atoms with E-state index in [2.05, 4.69) is 4.57 Å². The summed E-state index contributed by atoms with van der Waals surface area (Å²) in [6.07, 6.45) is 1.95. The highest BCUT2D eigenvalue weighted by Gasteiger charge is 2.37. The number of benzene rings is 2. The zero-order valence-electron chi connectivity index (χ0n) is 13.7. The SMILES string of the molecule is O=S(=O)(c1ccc(F)c(Cl)c1)N1CCn2cccc2[C@@H]1c1ccccc1. The first-order valence-electron chi connectivity index (χ1n) is 8.15. The summed E-state index contributed by atoms with van der Waals surface area (Å²) < 4.78 is 43.6. The van der Waals surface area contributed by atoms with Gasteiger partial charge in [0.2, 0.25) is 10.0 Å². The molecule has 0 unspecified atom stereocenters. The number of hydrogen-bond donors (Lipinski definition) is 0. The molecule has 1 aliphatic rings. The summed E-state index contributed by atoms with van der Waals surface area (Å²) in [5.41, 5.74) is 1.78. The van der Waals surface area contributed by atoms with Gasteiger partial charge in [-0.05, 0) is 35.9 Å². The fourth-order valence-electron chi connectivity index (χ4n) is 3.37. The van der Waals surface area contributed by atoms with Crippen molar-refractivity contribution in [3.8, 4) is 0 Å². The smallest absolute Gasteiger partial charge is 0.244 e. The van der Waals surface area contributed by atoms with Gasteiger partial charge < -0.3 is 4.57 Å². The predicted octanol–water partition coefficient (Wildman–Crippen LogP) is 4.07. The van der Waals surface area contributed by atoms with Gasteiger partial charge >= 0.3 is 0 Å². The van der Waals surface area contributed by atoms with Crippen molar-refractivity contribution in [3.63, 3.8) is 0 Å². The number of sulfonamides is 1. The van der Waals surface area contributed by atoms with Crippen molar-refractivity contribution < 1.29 is 12.8 Å². The van der Waals surface area contributed by atoms with E-state index in [9.17, 15) is 12.8 Å². The summed E-state index contributed by atoms with van der Waals surface area (Å²) in [6.45, 7) is 0.873. The van der Waals surface area contributed by atoms with Gasteiger partial charge in [0.15, 0.2) is 0 Å². The van der Waals surface area contributed by atoms with E-state index in [0.29, 0.717) is 13.1 Å². The highest BCUT2D eigenvalue weighted by atomic mass is 35.5. The monoisotopic (exact) mass is 390 g/mol. The van der Waals surface area contributed by atoms with Crippen molar-refractivity contribution >= 4 is 21.6 Å². The topological polar surface area (TPSA) is 42.3 Å². The Bertz CT molecular complexity index is 1050. The average molecular weight is 391 g/mol. The molecule has 0 saturated heterocycles. The zero-order valence-corrected chi connectivity index (χ0v) is 15.3. The van der Waals surface area contributed by atoms with Gasteiger partial charge in [-0.3, -0.25) is 0 Å². The molecule has 1 aromatic heterocycles. The summed E-state index contributed by atoms with van der Waals surface area (Å²) >= 11 is 5.81. The van der Waals surface area contributed by atoms with E-state index >= 15 is 0 Å². The lowest BCUT2D eigenvalue weighted by molar-refractivity contribution is 0.298. The van der Waals surface area contributed by atoms with Gasteiger partial charge in [0.1, 0.15) is 5.82 Å². The summed E-state index contributed by atoms with van der Waals surface area (Å²) in [4.78, 5) is -0.00941. The molecule has 0 aliphatic carbocycles. The lowest BCUT2D eigenvalue weighted by Crippen LogP contribution is -2.42. The van der Waals surface area contributed by atoms with E-state index in [0.717, 1.165) is 17.3 Å². The normalized spacial score (nSPS) is 17.8. The first-order chi connectivity index (χ1) is 12.5. The summed E-state index contributed by atoms with van der Waals surface area (Å²) in [7, 11) is -3.85. The molecule has 0 fully saturated rings. The van der Waals surface area contributed by atoms with Crippen LogP contribution in [0, 0.1) is 5.82 Å². The van der Waals surface area contributed by atoms with Crippen molar-refractivity contribution in [1.82, 2.24) is 8.87 Å². The average Bonchev–Trinajstić information content (AvgIpc) is 3.12. The first-order valence-corrected chi connectivity index (χ1v) is 9.97. The maximum absolute atomic E-state index is 13.5. The molecule has 0 radical (unpaired) electrons. The summed E-state index contributed by atoms with van der Waals surface area (Å²) in [5, 5.41) is -0.206. The molecule has 0 saturated carbocycles. The lowest BCUT2D eigenvalue weighted by atomic mass is 10.0. The molecular formula is C19H16ClFN2O2S. The second kappa shape index (κ2) is 6.54. The van der Waals surface area contributed by atoms with E-state index in [1.807, 2.05) is 48.7 Å². The van der Waals surface area contributed by atoms with E-state index in [1.54, 1.807) is 0 Å². The van der Waals surface area contributed by atoms with Gasteiger partial charge in [0.05, 0.1) is 16.0 Å². The van der Waals surface area contributed by atoms with Crippen LogP contribution in [0.3, 0.4) is 0 Å². The van der Waals surface area contributed by atoms with E-state index < -0.39 is 21.9 Å². The quantitative estimate of drug-likeness (QED) is 0.676. The molecule has 3 aromatic rings. The fourth-order valence-corrected chi connectivity index (χ4v) is 5.22. The van der Waals surface area contributed by atoms with Crippen LogP contribution in [0.2, 0.25) is 5.02 Å². The van der Waals surface area contributed by atoms with Crippen LogP contribution in [0.5, 0.6) is 0 Å². The Labute approximate surface area is 156 Å². The number of hydrogen-bond acceptors (Lipinski definition) is 2. The summed E-state index contributed by atoms with van der Waals surface area (Å²) in [6, 6.07) is 16.4. The third-order valence-electron chi connectivity index (χ3n) is 4.61. The molecule has 0 bridgehead atoms. The van der Waals surface area contributed by atoms with Crippen molar-refractivity contribution in [2.24, 2.45) is 0 Å². The molecule has 4 rings (SSSR count). The molecule has 0 N–H and O–H groups in total. The maximum atomic E-state index is 13.5. The number of nitrogens with zero attached hydrogens (tertiary/aromatic N) is 2. The van der Waals surface area contributed by atoms with Gasteiger partial charge in [-0.25, -0.2) is 12.8 Å². The zero-order chi connectivity index (χ0) is 18.3. The second-order valence-corrected chi connectivity index (χ2v) is 8.43. The van der Waals surface area contributed by atoms with Crippen molar-refractivity contribution in [2.75, 3.05) is 6.54 Å². The summed E-state index contributed by atoms with van der Waals surface area (Å²) in [5.74, 6) is -0.641. The van der Waals surface area contributed by atoms with E-state index in [4.69, 9.17) is 11.6 Å². The van der Waals surface area contributed by atoms with Crippen LogP contribution >= 0.6 is 11.6 Å². The van der Waals surface area contributed by atoms with Gasteiger partial charge in [0.25, 0.3) is 0 Å². The van der Waals surface area contributed by atoms with Crippen molar-refractivity contribution in [1.29, 1.82) is 0 Å². The molecule has 0 spiro atoms. The van der Waals surface area contributed by atoms with Gasteiger partial charge in [0, 0.05) is 25.0 Å². The van der Waals surface area contributed by atoms with E-state index in [-0.39, 0.29) is 9.92 Å². The standard InChI is InChI=1S/C19H16ClFN2O2S/c20-16-13-15(8-9-17(16)21)26(24,25)23-12-11-22-10-4-7-18(22)19(23)14-5-2-1-3-6-14/h1-10,13,19H,11-12H2/t19-/m0/s1. The second-order valence-electron chi connectivity index (χ2n) is 6.13. The molecule has 26 heavy (non-hydrogen) atoms. The van der Waals surface area contributed by atoms with Gasteiger partial charge in [-0.1, -0.05) is 41.9 Å². The minimum Gasteiger partial charge on any atom is -0.348 e. The Morgan fingerprint density at radius 1 is 1.00 bits per heavy atom. The first kappa shape index (κ1) is 17.3. The number of halogens is 2. The molecule has 1 aliphatic heterocycles. The Kier molecular flexibility index (Phi) is 4.34. The molecule has 4 nitrogen and oxygen atoms in total. The lowest BCUT2D eigenvalue weighted by Gasteiger charge is -2.36. The number of fused-ring (bicyclic) bond motifs is 1. The highest BCUT2D eigenvalue weighted by Crippen LogP contribution is 2.36. The third-order valence-corrected chi connectivity index (χ3v) is 6.76. The molecule has 2 aromatic carbocycles. The molecule has 7 heteroatoms. The molecule has 1 atom stereocenters. The third kappa shape index (κ3) is 2.84. The van der Waals surface area contributed by atoms with Crippen LogP contribution in [0.4, 0.5) is 4.39 Å². The van der Waals surface area contributed by atoms with Crippen LogP contribution in [0.25, 0.3) is 0 Å². The maximum Gasteiger partial charge on any atom is 0.244 e. The molecule has 2 heterocycles. The van der Waals surface area contributed by atoms with Crippen molar-refractivity contribution in [2.45, 2.75) is 17.5 Å². The Hall–Kier alpha value is -2.15. The minimum atomic E-state index is -3.85. The van der Waals surface area contributed by atoms with Crippen molar-refractivity contribution in [3.05, 3.63) is 89.0 Å². The molecule has 134 valence electrons. The predicted molar refractivity (Wildman–Crippen MR) is 98.0 cm³/mol. The fraction of sp³-hybridized carbons (Fsp3) is 0.158. The number of aromatic nitrogens is 1. The van der Waals surface area contributed by atoms with Crippen LogP contribution in [-0.4, -0.2) is 23.8 Å². The Morgan fingerprint density at radius 2 is 1.77 bits per heavy atom. The van der Waals surface area contributed by atoms with Crippen LogP contribution < -0.4 is 0 Å². The van der Waals surface area contributed by atoms with Crippen LogP contribution in [-0.2, 0) is 16.6 Å². The van der Waals surface area contributed by atoms with Gasteiger partial charge in [-0.2, -0.15) is 4.31 Å². The highest BCUT2D eigenvalue weighted by molar-refractivity contribution is 7.89. The van der Waals surface area contributed by atoms with Crippen LogP contribution in [0.15, 0.2) is 71.8 Å². The van der Waals surface area contributed by atoms with Crippen LogP contribution in [0.1, 0.15) is 17.3 Å². The van der Waals surface area contributed by atoms with Gasteiger partial charge in [-0.15, -0.1) is 0 Å².